The van der Waals surface area contributed by atoms with E-state index in [1.807, 2.05) is 0 Å². The second-order valence-corrected chi connectivity index (χ2v) is 6.51. The van der Waals surface area contributed by atoms with Crippen molar-refractivity contribution in [3.8, 4) is 11.5 Å². The average molecular weight is 344 g/mol. The molecule has 2 atom stereocenters. The Labute approximate surface area is 144 Å². The maximum Gasteiger partial charge on any atom is 0.251 e. The monoisotopic (exact) mass is 344 g/mol. The first kappa shape index (κ1) is 17.0. The minimum Gasteiger partial charge on any atom is -0.485 e. The van der Waals surface area contributed by atoms with E-state index in [2.05, 4.69) is 10.3 Å². The van der Waals surface area contributed by atoms with Crippen LogP contribution in [0.4, 0.5) is 5.69 Å². The molecule has 132 valence electrons. The zero-order valence-corrected chi connectivity index (χ0v) is 14.2. The molecule has 1 aromatic carbocycles. The number of benzene rings is 1. The third kappa shape index (κ3) is 3.51. The number of hydrogen-bond acceptors (Lipinski definition) is 5. The topological polar surface area (TPSA) is 101 Å². The van der Waals surface area contributed by atoms with Gasteiger partial charge in [0.25, 0.3) is 5.56 Å². The summed E-state index contributed by atoms with van der Waals surface area (Å²) in [6, 6.07) is 8.06. The molecule has 0 fully saturated rings. The Balaban J connectivity index is 2.03. The molecule has 7 nitrogen and oxygen atoms in total. The number of nitrogens with one attached hydrogen (secondary N) is 2. The third-order valence-electron chi connectivity index (χ3n) is 4.02. The number of aliphatic hydroxyl groups is 1. The molecule has 0 bridgehead atoms. The van der Waals surface area contributed by atoms with Gasteiger partial charge in [-0.3, -0.25) is 9.59 Å². The first-order chi connectivity index (χ1) is 11.8. The number of anilines is 1. The number of pyridine rings is 1. The highest BCUT2D eigenvalue weighted by molar-refractivity contribution is 5.88. The lowest BCUT2D eigenvalue weighted by Gasteiger charge is -2.41. The minimum absolute atomic E-state index is 0.204. The van der Waals surface area contributed by atoms with Gasteiger partial charge in [0.15, 0.2) is 6.10 Å². The van der Waals surface area contributed by atoms with E-state index in [0.29, 0.717) is 22.7 Å². The van der Waals surface area contributed by atoms with Gasteiger partial charge in [0.1, 0.15) is 23.2 Å². The SMILES string of the molecule is CC(=O)Nc1ccc2c(c1)C(Oc1cc[nH]c(=O)c1)C(O)C(C)(C)O2. The number of rotatable bonds is 3. The lowest BCUT2D eigenvalue weighted by molar-refractivity contribution is -0.114. The van der Waals surface area contributed by atoms with Gasteiger partial charge in [0.2, 0.25) is 5.91 Å². The Kier molecular flexibility index (Phi) is 4.26. The number of aromatic nitrogens is 1. The summed E-state index contributed by atoms with van der Waals surface area (Å²) in [5, 5.41) is 13.4. The number of fused-ring (bicyclic) bond motifs is 1. The van der Waals surface area contributed by atoms with Crippen molar-refractivity contribution in [1.82, 2.24) is 4.98 Å². The zero-order chi connectivity index (χ0) is 18.2. The van der Waals surface area contributed by atoms with Crippen molar-refractivity contribution in [3.63, 3.8) is 0 Å². The molecule has 1 aromatic heterocycles. The van der Waals surface area contributed by atoms with Crippen LogP contribution in [0.15, 0.2) is 41.3 Å². The zero-order valence-electron chi connectivity index (χ0n) is 14.2. The largest absolute Gasteiger partial charge is 0.485 e. The molecule has 0 saturated carbocycles. The lowest BCUT2D eigenvalue weighted by Crippen LogP contribution is -2.50. The Morgan fingerprint density at radius 3 is 2.76 bits per heavy atom. The van der Waals surface area contributed by atoms with E-state index in [4.69, 9.17) is 9.47 Å². The standard InChI is InChI=1S/C18H20N2O5/c1-10(21)20-11-4-5-14-13(8-11)16(17(23)18(2,3)25-14)24-12-6-7-19-15(22)9-12/h4-9,16-17,23H,1-3H3,(H,19,22)(H,20,21). The molecule has 3 rings (SSSR count). The first-order valence-electron chi connectivity index (χ1n) is 7.90. The van der Waals surface area contributed by atoms with Crippen LogP contribution in [0.2, 0.25) is 0 Å². The second-order valence-electron chi connectivity index (χ2n) is 6.51. The van der Waals surface area contributed by atoms with E-state index in [1.54, 1.807) is 38.1 Å². The minimum atomic E-state index is -0.980. The van der Waals surface area contributed by atoms with Crippen LogP contribution >= 0.6 is 0 Å². The van der Waals surface area contributed by atoms with Crippen LogP contribution in [0.3, 0.4) is 0 Å². The van der Waals surface area contributed by atoms with Crippen LogP contribution in [0, 0.1) is 0 Å². The summed E-state index contributed by atoms with van der Waals surface area (Å²) in [7, 11) is 0. The molecule has 2 heterocycles. The molecule has 2 unspecified atom stereocenters. The molecule has 0 spiro atoms. The van der Waals surface area contributed by atoms with E-state index < -0.39 is 17.8 Å². The van der Waals surface area contributed by atoms with E-state index in [-0.39, 0.29) is 11.5 Å². The van der Waals surface area contributed by atoms with Gasteiger partial charge in [-0.2, -0.15) is 0 Å². The molecule has 0 saturated heterocycles. The van der Waals surface area contributed by atoms with Gasteiger partial charge in [-0.15, -0.1) is 0 Å². The molecule has 2 aromatic rings. The summed E-state index contributed by atoms with van der Waals surface area (Å²) < 4.78 is 11.8. The average Bonchev–Trinajstić information content (AvgIpc) is 2.52. The van der Waals surface area contributed by atoms with Crippen LogP contribution in [0.1, 0.15) is 32.4 Å². The number of ether oxygens (including phenoxy) is 2. The van der Waals surface area contributed by atoms with Crippen LogP contribution in [-0.4, -0.2) is 27.7 Å². The van der Waals surface area contributed by atoms with Crippen molar-refractivity contribution in [2.75, 3.05) is 5.32 Å². The van der Waals surface area contributed by atoms with Crippen molar-refractivity contribution in [2.45, 2.75) is 38.6 Å². The highest BCUT2D eigenvalue weighted by atomic mass is 16.5. The summed E-state index contributed by atoms with van der Waals surface area (Å²) in [6.45, 7) is 4.94. The Morgan fingerprint density at radius 2 is 2.08 bits per heavy atom. The number of aromatic amines is 1. The van der Waals surface area contributed by atoms with Crippen molar-refractivity contribution in [3.05, 3.63) is 52.4 Å². The Hall–Kier alpha value is -2.80. The molecule has 1 amide bonds. The van der Waals surface area contributed by atoms with Gasteiger partial charge >= 0.3 is 0 Å². The van der Waals surface area contributed by atoms with Gasteiger partial charge in [-0.25, -0.2) is 0 Å². The van der Waals surface area contributed by atoms with Gasteiger partial charge in [-0.1, -0.05) is 0 Å². The molecule has 1 aliphatic rings. The van der Waals surface area contributed by atoms with Gasteiger partial charge < -0.3 is 24.9 Å². The first-order valence-corrected chi connectivity index (χ1v) is 7.90. The smallest absolute Gasteiger partial charge is 0.251 e. The molecular weight excluding hydrogens is 324 g/mol. The predicted octanol–water partition coefficient (Wildman–Crippen LogP) is 1.99. The summed E-state index contributed by atoms with van der Waals surface area (Å²) in [4.78, 5) is 25.3. The maximum absolute atomic E-state index is 11.5. The fraction of sp³-hybridized carbons (Fsp3) is 0.333. The van der Waals surface area contributed by atoms with Crippen LogP contribution < -0.4 is 20.3 Å². The normalized spacial score (nSPS) is 21.0. The highest BCUT2D eigenvalue weighted by Crippen LogP contribution is 2.43. The third-order valence-corrected chi connectivity index (χ3v) is 4.02. The fourth-order valence-corrected chi connectivity index (χ4v) is 2.80. The van der Waals surface area contributed by atoms with Crippen LogP contribution in [0.5, 0.6) is 11.5 Å². The molecule has 0 aliphatic carbocycles. The quantitative estimate of drug-likeness (QED) is 0.790. The van der Waals surface area contributed by atoms with Gasteiger partial charge in [0, 0.05) is 30.4 Å². The predicted molar refractivity (Wildman–Crippen MR) is 91.9 cm³/mol. The Bertz CT molecular complexity index is 859. The van der Waals surface area contributed by atoms with E-state index >= 15 is 0 Å². The highest BCUT2D eigenvalue weighted by Gasteiger charge is 2.44. The number of carbonyl (C=O) groups is 1. The maximum atomic E-state index is 11.5. The van der Waals surface area contributed by atoms with E-state index in [9.17, 15) is 14.7 Å². The Morgan fingerprint density at radius 1 is 1.32 bits per heavy atom. The summed E-state index contributed by atoms with van der Waals surface area (Å²) in [5.41, 5.74) is -0.0147. The number of hydrogen-bond donors (Lipinski definition) is 3. The molecule has 3 N–H and O–H groups in total. The van der Waals surface area contributed by atoms with Crippen molar-refractivity contribution >= 4 is 11.6 Å². The van der Waals surface area contributed by atoms with Crippen molar-refractivity contribution in [1.29, 1.82) is 0 Å². The fourth-order valence-electron chi connectivity index (χ4n) is 2.80. The van der Waals surface area contributed by atoms with Gasteiger partial charge in [-0.05, 0) is 38.1 Å². The molecule has 7 heteroatoms. The second kappa shape index (κ2) is 6.25. The summed E-state index contributed by atoms with van der Waals surface area (Å²) >= 11 is 0. The molecule has 0 radical (unpaired) electrons. The molecule has 25 heavy (non-hydrogen) atoms. The number of amides is 1. The van der Waals surface area contributed by atoms with Crippen molar-refractivity contribution in [2.24, 2.45) is 0 Å². The van der Waals surface area contributed by atoms with Crippen molar-refractivity contribution < 1.29 is 19.4 Å². The lowest BCUT2D eigenvalue weighted by atomic mass is 9.88. The van der Waals surface area contributed by atoms with Gasteiger partial charge in [0.05, 0.1) is 0 Å². The van der Waals surface area contributed by atoms with E-state index in [0.717, 1.165) is 0 Å². The van der Waals surface area contributed by atoms with E-state index in [1.165, 1.54) is 19.2 Å². The summed E-state index contributed by atoms with van der Waals surface area (Å²) in [5.74, 6) is 0.685. The van der Waals surface area contributed by atoms with Crippen LogP contribution in [0.25, 0.3) is 0 Å². The molecular formula is C18H20N2O5. The summed E-state index contributed by atoms with van der Waals surface area (Å²) in [6.07, 6.45) is -0.260. The number of H-pyrrole nitrogens is 1. The number of aliphatic hydroxyl groups excluding tert-OH is 1. The number of carbonyl (C=O) groups excluding carboxylic acids is 1. The molecule has 1 aliphatic heterocycles. The van der Waals surface area contributed by atoms with Crippen LogP contribution in [-0.2, 0) is 4.79 Å².